The van der Waals surface area contributed by atoms with Crippen molar-refractivity contribution in [3.63, 3.8) is 0 Å². The second-order valence-electron chi connectivity index (χ2n) is 6.77. The molecule has 1 aliphatic heterocycles. The molecule has 1 saturated heterocycles. The van der Waals surface area contributed by atoms with Crippen molar-refractivity contribution < 1.29 is 13.2 Å². The third kappa shape index (κ3) is 4.75. The predicted molar refractivity (Wildman–Crippen MR) is 108 cm³/mol. The van der Waals surface area contributed by atoms with E-state index in [4.69, 9.17) is 5.26 Å². The quantitative estimate of drug-likeness (QED) is 0.567. The number of allylic oxidation sites excluding steroid dienone is 1. The van der Waals surface area contributed by atoms with Crippen LogP contribution < -0.4 is 0 Å². The van der Waals surface area contributed by atoms with Gasteiger partial charge >= 0.3 is 0 Å². The molecule has 0 N–H and O–H groups in total. The van der Waals surface area contributed by atoms with Crippen LogP contribution in [0.25, 0.3) is 6.08 Å². The van der Waals surface area contributed by atoms with Gasteiger partial charge in [0.15, 0.2) is 5.78 Å². The fourth-order valence-electron chi connectivity index (χ4n) is 3.16. The van der Waals surface area contributed by atoms with Gasteiger partial charge < -0.3 is 0 Å². The standard InChI is InChI=1S/C22H22N2O3S/c23-17-19-7-5-18(6-8-19)9-14-22(25)20-10-12-21(13-11-20)28(26,27)24-15-3-1-2-4-16-24/h5-14H,1-4,15-16H2. The molecule has 144 valence electrons. The number of carbonyl (C=O) groups excluding carboxylic acids is 1. The van der Waals surface area contributed by atoms with E-state index in [2.05, 4.69) is 0 Å². The van der Waals surface area contributed by atoms with E-state index < -0.39 is 10.0 Å². The summed E-state index contributed by atoms with van der Waals surface area (Å²) in [4.78, 5) is 12.6. The Morgan fingerprint density at radius 3 is 2.11 bits per heavy atom. The van der Waals surface area contributed by atoms with Gasteiger partial charge in [0, 0.05) is 18.7 Å². The van der Waals surface area contributed by atoms with Crippen LogP contribution in [0.4, 0.5) is 0 Å². The van der Waals surface area contributed by atoms with Gasteiger partial charge in [-0.15, -0.1) is 0 Å². The lowest BCUT2D eigenvalue weighted by Gasteiger charge is -2.19. The highest BCUT2D eigenvalue weighted by molar-refractivity contribution is 7.89. The van der Waals surface area contributed by atoms with Crippen molar-refractivity contribution >= 4 is 21.9 Å². The minimum atomic E-state index is -3.51. The van der Waals surface area contributed by atoms with Crippen LogP contribution in [-0.4, -0.2) is 31.6 Å². The lowest BCUT2D eigenvalue weighted by atomic mass is 10.1. The Morgan fingerprint density at radius 2 is 1.54 bits per heavy atom. The van der Waals surface area contributed by atoms with Crippen LogP contribution in [0.15, 0.2) is 59.5 Å². The molecular weight excluding hydrogens is 372 g/mol. The first kappa shape index (κ1) is 20.0. The maximum atomic E-state index is 12.8. The van der Waals surface area contributed by atoms with Gasteiger partial charge in [0.1, 0.15) is 0 Å². The molecule has 6 heteroatoms. The zero-order chi connectivity index (χ0) is 20.0. The van der Waals surface area contributed by atoms with Gasteiger partial charge in [-0.05, 0) is 60.9 Å². The Kier molecular flexibility index (Phi) is 6.40. The van der Waals surface area contributed by atoms with E-state index in [0.717, 1.165) is 31.2 Å². The van der Waals surface area contributed by atoms with Crippen LogP contribution in [-0.2, 0) is 10.0 Å². The van der Waals surface area contributed by atoms with E-state index in [1.165, 1.54) is 18.2 Å². The maximum absolute atomic E-state index is 12.8. The molecular formula is C22H22N2O3S. The number of rotatable bonds is 5. The Morgan fingerprint density at radius 1 is 0.929 bits per heavy atom. The molecule has 0 spiro atoms. The van der Waals surface area contributed by atoms with Crippen molar-refractivity contribution in [2.24, 2.45) is 0 Å². The van der Waals surface area contributed by atoms with Crippen molar-refractivity contribution in [2.75, 3.05) is 13.1 Å². The Labute approximate surface area is 166 Å². The fourth-order valence-corrected chi connectivity index (χ4v) is 4.68. The predicted octanol–water partition coefficient (Wildman–Crippen LogP) is 4.02. The van der Waals surface area contributed by atoms with E-state index in [9.17, 15) is 13.2 Å². The summed E-state index contributed by atoms with van der Waals surface area (Å²) < 4.78 is 27.1. The van der Waals surface area contributed by atoms with E-state index in [1.807, 2.05) is 6.07 Å². The van der Waals surface area contributed by atoms with Crippen molar-refractivity contribution in [2.45, 2.75) is 30.6 Å². The molecule has 0 atom stereocenters. The molecule has 0 amide bonds. The zero-order valence-electron chi connectivity index (χ0n) is 15.5. The Hall–Kier alpha value is -2.75. The smallest absolute Gasteiger partial charge is 0.243 e. The third-order valence-electron chi connectivity index (χ3n) is 4.81. The summed E-state index contributed by atoms with van der Waals surface area (Å²) in [6.45, 7) is 1.10. The van der Waals surface area contributed by atoms with Crippen molar-refractivity contribution in [3.05, 3.63) is 71.3 Å². The number of nitrogens with zero attached hydrogens (tertiary/aromatic N) is 2. The molecule has 5 nitrogen and oxygen atoms in total. The SMILES string of the molecule is N#Cc1ccc(C=CC(=O)c2ccc(S(=O)(=O)N3CCCCCC3)cc2)cc1. The van der Waals surface area contributed by atoms with Gasteiger partial charge in [-0.1, -0.05) is 31.1 Å². The van der Waals surface area contributed by atoms with Gasteiger partial charge in [-0.2, -0.15) is 9.57 Å². The summed E-state index contributed by atoms with van der Waals surface area (Å²) in [6.07, 6.45) is 7.01. The number of sulfonamides is 1. The van der Waals surface area contributed by atoms with Crippen LogP contribution in [0.1, 0.15) is 47.2 Å². The van der Waals surface area contributed by atoms with Gasteiger partial charge in [0.2, 0.25) is 10.0 Å². The lowest BCUT2D eigenvalue weighted by molar-refractivity contribution is 0.104. The summed E-state index contributed by atoms with van der Waals surface area (Å²) >= 11 is 0. The summed E-state index contributed by atoms with van der Waals surface area (Å²) in [5.74, 6) is -0.205. The summed E-state index contributed by atoms with van der Waals surface area (Å²) in [6, 6.07) is 15.1. The van der Waals surface area contributed by atoms with E-state index >= 15 is 0 Å². The largest absolute Gasteiger partial charge is 0.289 e. The van der Waals surface area contributed by atoms with Gasteiger partial charge in [0.05, 0.1) is 16.5 Å². The molecule has 3 rings (SSSR count). The van der Waals surface area contributed by atoms with E-state index in [1.54, 1.807) is 46.8 Å². The van der Waals surface area contributed by atoms with Crippen LogP contribution in [0.5, 0.6) is 0 Å². The molecule has 0 saturated carbocycles. The molecule has 28 heavy (non-hydrogen) atoms. The molecule has 0 bridgehead atoms. The van der Waals surface area contributed by atoms with Crippen LogP contribution in [0, 0.1) is 11.3 Å². The second-order valence-corrected chi connectivity index (χ2v) is 8.71. The molecule has 1 fully saturated rings. The monoisotopic (exact) mass is 394 g/mol. The molecule has 2 aromatic carbocycles. The van der Waals surface area contributed by atoms with Crippen molar-refractivity contribution in [3.8, 4) is 6.07 Å². The maximum Gasteiger partial charge on any atom is 0.243 e. The van der Waals surface area contributed by atoms with E-state index in [0.29, 0.717) is 24.2 Å². The number of benzene rings is 2. The normalized spacial score (nSPS) is 15.8. The number of carbonyl (C=O) groups is 1. The molecule has 2 aromatic rings. The van der Waals surface area contributed by atoms with Crippen LogP contribution >= 0.6 is 0 Å². The number of nitriles is 1. The molecule has 0 aromatic heterocycles. The molecule has 0 aliphatic carbocycles. The minimum absolute atomic E-state index is 0.205. The number of hydrogen-bond donors (Lipinski definition) is 0. The van der Waals surface area contributed by atoms with Crippen molar-refractivity contribution in [1.29, 1.82) is 5.26 Å². The number of ketones is 1. The Balaban J connectivity index is 1.71. The average molecular weight is 394 g/mol. The second kappa shape index (κ2) is 8.96. The highest BCUT2D eigenvalue weighted by atomic mass is 32.2. The van der Waals surface area contributed by atoms with Gasteiger partial charge in [-0.3, -0.25) is 4.79 Å². The minimum Gasteiger partial charge on any atom is -0.289 e. The highest BCUT2D eigenvalue weighted by Gasteiger charge is 2.25. The molecule has 1 aliphatic rings. The number of hydrogen-bond acceptors (Lipinski definition) is 4. The van der Waals surface area contributed by atoms with Gasteiger partial charge in [0.25, 0.3) is 0 Å². The molecule has 0 radical (unpaired) electrons. The van der Waals surface area contributed by atoms with Crippen molar-refractivity contribution in [1.82, 2.24) is 4.31 Å². The highest BCUT2D eigenvalue weighted by Crippen LogP contribution is 2.21. The first-order valence-electron chi connectivity index (χ1n) is 9.33. The van der Waals surface area contributed by atoms with E-state index in [-0.39, 0.29) is 10.7 Å². The molecule has 0 unspecified atom stereocenters. The first-order valence-corrected chi connectivity index (χ1v) is 10.8. The topological polar surface area (TPSA) is 78.2 Å². The summed E-state index contributed by atoms with van der Waals surface area (Å²) in [5, 5.41) is 8.80. The summed E-state index contributed by atoms with van der Waals surface area (Å²) in [5.41, 5.74) is 1.80. The Bertz CT molecular complexity index is 993. The zero-order valence-corrected chi connectivity index (χ0v) is 16.4. The third-order valence-corrected chi connectivity index (χ3v) is 6.72. The molecule has 1 heterocycles. The van der Waals surface area contributed by atoms with Crippen LogP contribution in [0.2, 0.25) is 0 Å². The summed E-state index contributed by atoms with van der Waals surface area (Å²) in [7, 11) is -3.51. The van der Waals surface area contributed by atoms with Gasteiger partial charge in [-0.25, -0.2) is 8.42 Å². The first-order chi connectivity index (χ1) is 13.5. The van der Waals surface area contributed by atoms with Crippen LogP contribution in [0.3, 0.4) is 0 Å². The fraction of sp³-hybridized carbons (Fsp3) is 0.273. The average Bonchev–Trinajstić information content (AvgIpc) is 3.02. The lowest BCUT2D eigenvalue weighted by Crippen LogP contribution is -2.31.